The number of aromatic nitrogens is 3. The number of nitrogens with zero attached hydrogens (tertiary/aromatic N) is 5. The third-order valence-corrected chi connectivity index (χ3v) is 3.32. The molecule has 1 fully saturated rings. The highest BCUT2D eigenvalue weighted by molar-refractivity contribution is 5.42. The van der Waals surface area contributed by atoms with Crippen LogP contribution in [0.4, 0.5) is 17.8 Å². The lowest BCUT2D eigenvalue weighted by molar-refractivity contribution is 0.322. The number of hydrogen-bond acceptors (Lipinski definition) is 8. The van der Waals surface area contributed by atoms with Crippen LogP contribution < -0.4 is 21.5 Å². The van der Waals surface area contributed by atoms with Gasteiger partial charge in [-0.1, -0.05) is 0 Å². The molecule has 1 saturated heterocycles. The average molecular weight is 266 g/mol. The van der Waals surface area contributed by atoms with Gasteiger partial charge in [0.2, 0.25) is 17.8 Å². The molecule has 0 aliphatic carbocycles. The van der Waals surface area contributed by atoms with Crippen molar-refractivity contribution in [2.24, 2.45) is 5.84 Å². The topological polar surface area (TPSA) is 95.2 Å². The summed E-state index contributed by atoms with van der Waals surface area (Å²) >= 11 is 0. The first-order valence-electron chi connectivity index (χ1n) is 6.44. The molecular formula is C11H22N8. The summed E-state index contributed by atoms with van der Waals surface area (Å²) in [5.41, 5.74) is 2.46. The molecule has 0 aromatic carbocycles. The number of anilines is 3. The zero-order valence-corrected chi connectivity index (χ0v) is 11.7. The van der Waals surface area contributed by atoms with Crippen molar-refractivity contribution >= 4 is 17.8 Å². The molecule has 0 bridgehead atoms. The number of hydrazine groups is 1. The van der Waals surface area contributed by atoms with E-state index in [1.807, 2.05) is 19.0 Å². The lowest BCUT2D eigenvalue weighted by Gasteiger charge is -2.20. The van der Waals surface area contributed by atoms with Gasteiger partial charge in [-0.3, -0.25) is 5.43 Å². The molecule has 1 aliphatic rings. The minimum absolute atomic E-state index is 0.362. The molecule has 1 aliphatic heterocycles. The average Bonchev–Trinajstić information content (AvgIpc) is 2.81. The minimum atomic E-state index is 0.362. The van der Waals surface area contributed by atoms with E-state index in [9.17, 15) is 0 Å². The molecule has 0 saturated carbocycles. The van der Waals surface area contributed by atoms with Gasteiger partial charge in [0, 0.05) is 26.7 Å². The van der Waals surface area contributed by atoms with Crippen molar-refractivity contribution in [3.8, 4) is 0 Å². The molecule has 1 aromatic rings. The number of nitrogen functional groups attached to an aromatic ring is 1. The van der Waals surface area contributed by atoms with Crippen LogP contribution in [0.1, 0.15) is 12.8 Å². The van der Waals surface area contributed by atoms with Gasteiger partial charge in [-0.25, -0.2) is 5.84 Å². The van der Waals surface area contributed by atoms with E-state index in [-0.39, 0.29) is 0 Å². The number of nitrogens with one attached hydrogen (secondary N) is 2. The summed E-state index contributed by atoms with van der Waals surface area (Å²) in [4.78, 5) is 16.9. The summed E-state index contributed by atoms with van der Waals surface area (Å²) in [6, 6.07) is 0.536. The lowest BCUT2D eigenvalue weighted by atomic mass is 10.2. The number of rotatable bonds is 5. The molecule has 2 rings (SSSR count). The fraction of sp³-hybridized carbons (Fsp3) is 0.727. The molecule has 106 valence electrons. The molecule has 0 amide bonds. The Hall–Kier alpha value is -1.67. The van der Waals surface area contributed by atoms with Gasteiger partial charge in [0.25, 0.3) is 0 Å². The third kappa shape index (κ3) is 3.42. The van der Waals surface area contributed by atoms with Gasteiger partial charge in [-0.2, -0.15) is 15.0 Å². The van der Waals surface area contributed by atoms with Gasteiger partial charge < -0.3 is 15.1 Å². The Bertz CT molecular complexity index is 421. The van der Waals surface area contributed by atoms with Crippen LogP contribution in [-0.2, 0) is 0 Å². The van der Waals surface area contributed by atoms with Gasteiger partial charge in [0.15, 0.2) is 0 Å². The monoisotopic (exact) mass is 266 g/mol. The second kappa shape index (κ2) is 5.98. The highest BCUT2D eigenvalue weighted by atomic mass is 15.4. The lowest BCUT2D eigenvalue weighted by Crippen LogP contribution is -2.32. The predicted molar refractivity (Wildman–Crippen MR) is 76.1 cm³/mol. The second-order valence-corrected chi connectivity index (χ2v) is 4.98. The number of hydrogen-bond donors (Lipinski definition) is 3. The highest BCUT2D eigenvalue weighted by Gasteiger charge is 2.20. The Morgan fingerprint density at radius 2 is 2.05 bits per heavy atom. The normalized spacial score (nSPS) is 19.5. The molecule has 1 aromatic heterocycles. The van der Waals surface area contributed by atoms with Crippen molar-refractivity contribution in [3.63, 3.8) is 0 Å². The summed E-state index contributed by atoms with van der Waals surface area (Å²) < 4.78 is 0. The van der Waals surface area contributed by atoms with Crippen molar-refractivity contribution in [2.75, 3.05) is 49.9 Å². The third-order valence-electron chi connectivity index (χ3n) is 3.32. The van der Waals surface area contributed by atoms with Crippen LogP contribution in [0.5, 0.6) is 0 Å². The maximum absolute atomic E-state index is 5.37. The molecule has 0 spiro atoms. The van der Waals surface area contributed by atoms with Crippen LogP contribution in [0.2, 0.25) is 0 Å². The first kappa shape index (κ1) is 13.8. The molecule has 2 heterocycles. The van der Waals surface area contributed by atoms with Crippen LogP contribution >= 0.6 is 0 Å². The summed E-state index contributed by atoms with van der Waals surface area (Å²) in [5.74, 6) is 6.86. The van der Waals surface area contributed by atoms with Crippen molar-refractivity contribution in [3.05, 3.63) is 0 Å². The van der Waals surface area contributed by atoms with Gasteiger partial charge in [0.05, 0.1) is 0 Å². The van der Waals surface area contributed by atoms with Crippen molar-refractivity contribution in [1.82, 2.24) is 19.9 Å². The van der Waals surface area contributed by atoms with E-state index < -0.39 is 0 Å². The number of likely N-dealkylation sites (N-methyl/N-ethyl adjacent to an activating group) is 1. The van der Waals surface area contributed by atoms with E-state index in [0.29, 0.717) is 23.9 Å². The Balaban J connectivity index is 2.04. The molecule has 19 heavy (non-hydrogen) atoms. The van der Waals surface area contributed by atoms with E-state index in [2.05, 4.69) is 37.6 Å². The summed E-state index contributed by atoms with van der Waals surface area (Å²) in [6.45, 7) is 1.99. The Morgan fingerprint density at radius 1 is 1.32 bits per heavy atom. The van der Waals surface area contributed by atoms with E-state index in [1.54, 1.807) is 0 Å². The van der Waals surface area contributed by atoms with Crippen LogP contribution in [0.3, 0.4) is 0 Å². The van der Waals surface area contributed by atoms with Crippen LogP contribution in [0, 0.1) is 0 Å². The van der Waals surface area contributed by atoms with E-state index in [4.69, 9.17) is 5.84 Å². The Labute approximate surface area is 113 Å². The number of nitrogens with two attached hydrogens (primary N) is 1. The smallest absolute Gasteiger partial charge is 0.243 e. The van der Waals surface area contributed by atoms with Crippen molar-refractivity contribution in [1.29, 1.82) is 0 Å². The summed E-state index contributed by atoms with van der Waals surface area (Å²) in [6.07, 6.45) is 2.45. The van der Waals surface area contributed by atoms with Gasteiger partial charge in [0.1, 0.15) is 0 Å². The molecule has 4 N–H and O–H groups in total. The van der Waals surface area contributed by atoms with Crippen LogP contribution in [0.15, 0.2) is 0 Å². The van der Waals surface area contributed by atoms with E-state index in [0.717, 1.165) is 13.1 Å². The SMILES string of the molecule is CN(C)c1nc(NN)nc(NCC2CCCN2C)n1. The first-order valence-corrected chi connectivity index (χ1v) is 6.44. The van der Waals surface area contributed by atoms with Gasteiger partial charge >= 0.3 is 0 Å². The molecule has 8 heteroatoms. The molecule has 0 radical (unpaired) electrons. The van der Waals surface area contributed by atoms with Crippen molar-refractivity contribution < 1.29 is 0 Å². The Kier molecular flexibility index (Phi) is 4.33. The number of likely N-dealkylation sites (tertiary alicyclic amines) is 1. The highest BCUT2D eigenvalue weighted by Crippen LogP contribution is 2.16. The first-order chi connectivity index (χ1) is 9.10. The molecular weight excluding hydrogens is 244 g/mol. The maximum Gasteiger partial charge on any atom is 0.243 e. The molecule has 1 unspecified atom stereocenters. The zero-order chi connectivity index (χ0) is 13.8. The van der Waals surface area contributed by atoms with Crippen LogP contribution in [-0.4, -0.2) is 60.1 Å². The molecule has 1 atom stereocenters. The van der Waals surface area contributed by atoms with Crippen LogP contribution in [0.25, 0.3) is 0 Å². The fourth-order valence-electron chi connectivity index (χ4n) is 2.15. The van der Waals surface area contributed by atoms with Gasteiger partial charge in [-0.05, 0) is 26.4 Å². The maximum atomic E-state index is 5.37. The quantitative estimate of drug-likeness (QED) is 0.495. The summed E-state index contributed by atoms with van der Waals surface area (Å²) in [5, 5.41) is 3.26. The van der Waals surface area contributed by atoms with E-state index in [1.165, 1.54) is 12.8 Å². The van der Waals surface area contributed by atoms with E-state index >= 15 is 0 Å². The Morgan fingerprint density at radius 3 is 2.63 bits per heavy atom. The van der Waals surface area contributed by atoms with Crippen molar-refractivity contribution in [2.45, 2.75) is 18.9 Å². The standard InChI is InChI=1S/C11H22N8/c1-18(2)11-15-9(14-10(16-11)17-12)13-7-8-5-4-6-19(8)3/h8H,4-7,12H2,1-3H3,(H2,13,14,15,16,17). The molecule has 8 nitrogen and oxygen atoms in total. The second-order valence-electron chi connectivity index (χ2n) is 4.98. The fourth-order valence-corrected chi connectivity index (χ4v) is 2.15. The van der Waals surface area contributed by atoms with Gasteiger partial charge in [-0.15, -0.1) is 0 Å². The largest absolute Gasteiger partial charge is 0.352 e. The minimum Gasteiger partial charge on any atom is -0.352 e. The predicted octanol–water partition coefficient (Wildman–Crippen LogP) is -0.271. The summed E-state index contributed by atoms with van der Waals surface area (Å²) in [7, 11) is 5.90. The zero-order valence-electron chi connectivity index (χ0n) is 11.7.